The number of carbonyl (C=O) groups is 1. The summed E-state index contributed by atoms with van der Waals surface area (Å²) in [5, 5.41) is 6.11. The highest BCUT2D eigenvalue weighted by molar-refractivity contribution is 14.0. The molecule has 0 radical (unpaired) electrons. The highest BCUT2D eigenvalue weighted by Gasteiger charge is 2.25. The molecule has 5 nitrogen and oxygen atoms in total. The minimum absolute atomic E-state index is 0. The van der Waals surface area contributed by atoms with Crippen molar-refractivity contribution >= 4 is 47.6 Å². The monoisotopic (exact) mass is 532 g/mol. The maximum Gasteiger partial charge on any atom is 0.389 e. The van der Waals surface area contributed by atoms with Crippen molar-refractivity contribution in [2.75, 3.05) is 39.5 Å². The number of likely N-dealkylation sites (N-methyl/N-ethyl adjacent to an activating group) is 1. The lowest BCUT2D eigenvalue weighted by Crippen LogP contribution is -2.40. The van der Waals surface area contributed by atoms with E-state index in [0.29, 0.717) is 25.5 Å². The molecule has 0 aromatic heterocycles. The minimum atomic E-state index is -4.12. The van der Waals surface area contributed by atoms with E-state index in [1.54, 1.807) is 25.9 Å². The van der Waals surface area contributed by atoms with Gasteiger partial charge in [-0.05, 0) is 25.0 Å². The van der Waals surface area contributed by atoms with Crippen LogP contribution in [0.1, 0.15) is 19.3 Å². The Bertz CT molecular complexity index is 586. The number of thioether (sulfide) groups is 1. The van der Waals surface area contributed by atoms with Crippen LogP contribution in [-0.2, 0) is 4.79 Å². The van der Waals surface area contributed by atoms with Crippen LogP contribution in [0, 0.1) is 0 Å². The van der Waals surface area contributed by atoms with Gasteiger partial charge in [0.2, 0.25) is 5.91 Å². The number of benzene rings is 1. The van der Waals surface area contributed by atoms with Crippen LogP contribution in [0.5, 0.6) is 0 Å². The number of hydrogen-bond donors (Lipinski definition) is 2. The lowest BCUT2D eigenvalue weighted by atomic mass is 10.2. The van der Waals surface area contributed by atoms with E-state index in [0.717, 1.165) is 10.6 Å². The fourth-order valence-corrected chi connectivity index (χ4v) is 2.76. The molecule has 0 saturated carbocycles. The Kier molecular flexibility index (Phi) is 14.2. The van der Waals surface area contributed by atoms with Gasteiger partial charge >= 0.3 is 6.18 Å². The number of guanidine groups is 1. The zero-order valence-corrected chi connectivity index (χ0v) is 19.2. The largest absolute Gasteiger partial charge is 0.389 e. The van der Waals surface area contributed by atoms with Crippen LogP contribution in [0.25, 0.3) is 0 Å². The van der Waals surface area contributed by atoms with E-state index >= 15 is 0 Å². The minimum Gasteiger partial charge on any atom is -0.356 e. The Morgan fingerprint density at radius 1 is 1.11 bits per heavy atom. The molecule has 0 aliphatic rings. The van der Waals surface area contributed by atoms with Crippen molar-refractivity contribution in [3.63, 3.8) is 0 Å². The zero-order chi connectivity index (χ0) is 20.1. The first-order chi connectivity index (χ1) is 12.8. The third-order valence-electron chi connectivity index (χ3n) is 3.46. The Morgan fingerprint density at radius 3 is 2.36 bits per heavy atom. The molecule has 0 spiro atoms. The molecule has 1 aromatic carbocycles. The molecule has 0 aliphatic heterocycles. The molecular weight excluding hydrogens is 504 g/mol. The topological polar surface area (TPSA) is 56.7 Å². The molecule has 28 heavy (non-hydrogen) atoms. The van der Waals surface area contributed by atoms with E-state index in [-0.39, 0.29) is 42.8 Å². The molecular formula is C18H28F3IN4OS. The molecule has 0 heterocycles. The molecule has 0 unspecified atom stereocenters. The van der Waals surface area contributed by atoms with E-state index in [9.17, 15) is 18.0 Å². The van der Waals surface area contributed by atoms with Crippen LogP contribution in [0.15, 0.2) is 40.2 Å². The van der Waals surface area contributed by atoms with Crippen molar-refractivity contribution < 1.29 is 18.0 Å². The molecule has 160 valence electrons. The van der Waals surface area contributed by atoms with Crippen molar-refractivity contribution in [1.82, 2.24) is 15.5 Å². The summed E-state index contributed by atoms with van der Waals surface area (Å²) in [6.45, 7) is 0.963. The number of aliphatic imine (C=N–C) groups is 1. The lowest BCUT2D eigenvalue weighted by molar-refractivity contribution is -0.135. The predicted octanol–water partition coefficient (Wildman–Crippen LogP) is 3.75. The zero-order valence-electron chi connectivity index (χ0n) is 16.1. The maximum absolute atomic E-state index is 12.2. The van der Waals surface area contributed by atoms with Gasteiger partial charge in [-0.3, -0.25) is 4.79 Å². The number of nitrogens with one attached hydrogen (secondary N) is 2. The standard InChI is InChI=1S/C18H27F3N4OS.HI/c1-25(2)16(26)14-24-17(22-11-7-6-10-18(19,20)21)23-12-13-27-15-8-4-3-5-9-15;/h3-5,8-9H,6-7,10-14H2,1-2H3,(H2,22,23,24);1H. The first kappa shape index (κ1) is 26.8. The molecule has 1 rings (SSSR count). The summed E-state index contributed by atoms with van der Waals surface area (Å²) in [5.41, 5.74) is 0. The number of alkyl halides is 3. The Labute approximate surface area is 185 Å². The number of rotatable bonds is 10. The van der Waals surface area contributed by atoms with E-state index in [1.807, 2.05) is 30.3 Å². The number of halogens is 4. The van der Waals surface area contributed by atoms with Gasteiger partial charge in [-0.1, -0.05) is 18.2 Å². The molecule has 0 saturated heterocycles. The smallest absolute Gasteiger partial charge is 0.356 e. The summed E-state index contributed by atoms with van der Waals surface area (Å²) in [5.74, 6) is 1.08. The van der Waals surface area contributed by atoms with Gasteiger partial charge in [0.15, 0.2) is 5.96 Å². The van der Waals surface area contributed by atoms with Crippen molar-refractivity contribution in [3.05, 3.63) is 30.3 Å². The van der Waals surface area contributed by atoms with Crippen LogP contribution in [0.4, 0.5) is 13.2 Å². The van der Waals surface area contributed by atoms with Crippen LogP contribution in [0.2, 0.25) is 0 Å². The first-order valence-electron chi connectivity index (χ1n) is 8.75. The summed E-state index contributed by atoms with van der Waals surface area (Å²) < 4.78 is 36.5. The summed E-state index contributed by atoms with van der Waals surface area (Å²) in [4.78, 5) is 18.5. The van der Waals surface area contributed by atoms with Crippen molar-refractivity contribution in [3.8, 4) is 0 Å². The number of unbranched alkanes of at least 4 members (excludes halogenated alkanes) is 1. The van der Waals surface area contributed by atoms with E-state index in [2.05, 4.69) is 15.6 Å². The maximum atomic E-state index is 12.2. The molecule has 0 atom stereocenters. The second-order valence-electron chi connectivity index (χ2n) is 6.04. The van der Waals surface area contributed by atoms with Crippen LogP contribution in [-0.4, -0.2) is 62.4 Å². The molecule has 0 aliphatic carbocycles. The number of hydrogen-bond acceptors (Lipinski definition) is 3. The highest BCUT2D eigenvalue weighted by Crippen LogP contribution is 2.21. The second-order valence-corrected chi connectivity index (χ2v) is 7.21. The average molecular weight is 532 g/mol. The molecule has 1 aromatic rings. The Hall–Kier alpha value is -1.17. The highest BCUT2D eigenvalue weighted by atomic mass is 127. The molecule has 0 bridgehead atoms. The van der Waals surface area contributed by atoms with Crippen molar-refractivity contribution in [2.45, 2.75) is 30.3 Å². The number of nitrogens with zero attached hydrogens (tertiary/aromatic N) is 2. The quantitative estimate of drug-likeness (QED) is 0.159. The summed E-state index contributed by atoms with van der Waals surface area (Å²) in [6, 6.07) is 9.94. The second kappa shape index (κ2) is 14.8. The van der Waals surface area contributed by atoms with Gasteiger partial charge in [-0.15, -0.1) is 35.7 Å². The van der Waals surface area contributed by atoms with Crippen molar-refractivity contribution in [1.29, 1.82) is 0 Å². The third kappa shape index (κ3) is 13.9. The first-order valence-corrected chi connectivity index (χ1v) is 9.73. The van der Waals surface area contributed by atoms with Gasteiger partial charge in [0.05, 0.1) is 0 Å². The van der Waals surface area contributed by atoms with E-state index in [4.69, 9.17) is 0 Å². The van der Waals surface area contributed by atoms with Gasteiger partial charge in [0.25, 0.3) is 0 Å². The third-order valence-corrected chi connectivity index (χ3v) is 4.47. The SMILES string of the molecule is CN(C)C(=O)CN=C(NCCCCC(F)(F)F)NCCSc1ccccc1.I. The van der Waals surface area contributed by atoms with Gasteiger partial charge < -0.3 is 15.5 Å². The van der Waals surface area contributed by atoms with Crippen LogP contribution in [0.3, 0.4) is 0 Å². The van der Waals surface area contributed by atoms with Crippen molar-refractivity contribution in [2.24, 2.45) is 4.99 Å². The normalized spacial score (nSPS) is 11.5. The van der Waals surface area contributed by atoms with E-state index in [1.165, 1.54) is 4.90 Å². The molecule has 1 amide bonds. The average Bonchev–Trinajstić information content (AvgIpc) is 2.61. The van der Waals surface area contributed by atoms with E-state index < -0.39 is 12.6 Å². The van der Waals surface area contributed by atoms with Gasteiger partial charge in [-0.25, -0.2) is 4.99 Å². The van der Waals surface area contributed by atoms with Crippen LogP contribution >= 0.6 is 35.7 Å². The molecule has 10 heteroatoms. The molecule has 0 fully saturated rings. The van der Waals surface area contributed by atoms with Gasteiger partial charge in [0, 0.05) is 44.3 Å². The number of amides is 1. The summed E-state index contributed by atoms with van der Waals surface area (Å²) in [7, 11) is 3.29. The fourth-order valence-electron chi connectivity index (χ4n) is 1.97. The summed E-state index contributed by atoms with van der Waals surface area (Å²) >= 11 is 1.68. The fraction of sp³-hybridized carbons (Fsp3) is 0.556. The predicted molar refractivity (Wildman–Crippen MR) is 119 cm³/mol. The molecule has 2 N–H and O–H groups in total. The number of carbonyl (C=O) groups excluding carboxylic acids is 1. The van der Waals surface area contributed by atoms with Gasteiger partial charge in [0.1, 0.15) is 6.54 Å². The lowest BCUT2D eigenvalue weighted by Gasteiger charge is -2.14. The Balaban J connectivity index is 0.00000729. The Morgan fingerprint density at radius 2 is 1.75 bits per heavy atom. The van der Waals surface area contributed by atoms with Crippen LogP contribution < -0.4 is 10.6 Å². The van der Waals surface area contributed by atoms with Gasteiger partial charge in [-0.2, -0.15) is 13.2 Å². The summed E-state index contributed by atoms with van der Waals surface area (Å²) in [6.07, 6.45) is -4.48.